The first-order chi connectivity index (χ1) is 7.56. The number of anilines is 1. The van der Waals surface area contributed by atoms with Crippen molar-refractivity contribution in [3.8, 4) is 0 Å². The summed E-state index contributed by atoms with van der Waals surface area (Å²) in [7, 11) is 1.55. The van der Waals surface area contributed by atoms with E-state index in [2.05, 4.69) is 5.32 Å². The molecule has 1 aromatic rings. The highest BCUT2D eigenvalue weighted by Crippen LogP contribution is 2.16. The fraction of sp³-hybridized carbons (Fsp3) is 0.364. The van der Waals surface area contributed by atoms with Gasteiger partial charge in [-0.2, -0.15) is 0 Å². The van der Waals surface area contributed by atoms with Gasteiger partial charge < -0.3 is 15.8 Å². The number of nitrogens with one attached hydrogen (secondary N) is 1. The standard InChI is InChI=1S/C11H15FN2O2/c1-7-5-9(12)10(13)6-8(7)11(15)14-3-4-16-2/h5-6H,3-4,13H2,1-2H3,(H,14,15). The molecule has 0 atom stereocenters. The van der Waals surface area contributed by atoms with Gasteiger partial charge in [0.1, 0.15) is 5.82 Å². The molecule has 0 saturated carbocycles. The fourth-order valence-corrected chi connectivity index (χ4v) is 1.30. The van der Waals surface area contributed by atoms with Crippen LogP contribution in [0.1, 0.15) is 15.9 Å². The smallest absolute Gasteiger partial charge is 0.251 e. The lowest BCUT2D eigenvalue weighted by Gasteiger charge is -2.08. The number of aryl methyl sites for hydroxylation is 1. The third-order valence-electron chi connectivity index (χ3n) is 2.18. The molecule has 3 N–H and O–H groups in total. The van der Waals surface area contributed by atoms with E-state index in [0.717, 1.165) is 0 Å². The number of ether oxygens (including phenoxy) is 1. The number of hydrogen-bond donors (Lipinski definition) is 2. The monoisotopic (exact) mass is 226 g/mol. The third kappa shape index (κ3) is 2.93. The second-order valence-electron chi connectivity index (χ2n) is 3.44. The van der Waals surface area contributed by atoms with E-state index in [4.69, 9.17) is 10.5 Å². The third-order valence-corrected chi connectivity index (χ3v) is 2.18. The van der Waals surface area contributed by atoms with Crippen LogP contribution < -0.4 is 11.1 Å². The van der Waals surface area contributed by atoms with Crippen LogP contribution in [-0.4, -0.2) is 26.2 Å². The number of hydrogen-bond acceptors (Lipinski definition) is 3. The van der Waals surface area contributed by atoms with Gasteiger partial charge in [-0.1, -0.05) is 0 Å². The summed E-state index contributed by atoms with van der Waals surface area (Å²) >= 11 is 0. The average molecular weight is 226 g/mol. The van der Waals surface area contributed by atoms with Crippen molar-refractivity contribution in [3.05, 3.63) is 29.1 Å². The van der Waals surface area contributed by atoms with Crippen LogP contribution in [0.25, 0.3) is 0 Å². The summed E-state index contributed by atoms with van der Waals surface area (Å²) in [6.07, 6.45) is 0. The molecule has 1 aromatic carbocycles. The maximum atomic E-state index is 13.1. The largest absolute Gasteiger partial charge is 0.396 e. The Hall–Kier alpha value is -1.62. The Morgan fingerprint density at radius 3 is 2.88 bits per heavy atom. The minimum Gasteiger partial charge on any atom is -0.396 e. The Kier molecular flexibility index (Phi) is 4.25. The fourth-order valence-electron chi connectivity index (χ4n) is 1.30. The molecular weight excluding hydrogens is 211 g/mol. The number of rotatable bonds is 4. The summed E-state index contributed by atoms with van der Waals surface area (Å²) in [6.45, 7) is 2.50. The molecule has 0 saturated heterocycles. The number of amides is 1. The van der Waals surface area contributed by atoms with Crippen molar-refractivity contribution >= 4 is 11.6 Å². The van der Waals surface area contributed by atoms with Gasteiger partial charge >= 0.3 is 0 Å². The van der Waals surface area contributed by atoms with Crippen molar-refractivity contribution in [2.75, 3.05) is 26.0 Å². The molecule has 0 aromatic heterocycles. The summed E-state index contributed by atoms with van der Waals surface area (Å²) in [5.41, 5.74) is 6.32. The zero-order valence-electron chi connectivity index (χ0n) is 9.34. The number of carbonyl (C=O) groups is 1. The molecule has 5 heteroatoms. The van der Waals surface area contributed by atoms with Crippen molar-refractivity contribution in [1.29, 1.82) is 0 Å². The van der Waals surface area contributed by atoms with Crippen molar-refractivity contribution in [3.63, 3.8) is 0 Å². The van der Waals surface area contributed by atoms with E-state index in [9.17, 15) is 9.18 Å². The van der Waals surface area contributed by atoms with Crippen LogP contribution in [0.4, 0.5) is 10.1 Å². The van der Waals surface area contributed by atoms with Crippen LogP contribution in [0.3, 0.4) is 0 Å². The average Bonchev–Trinajstić information content (AvgIpc) is 2.23. The molecule has 1 rings (SSSR count). The quantitative estimate of drug-likeness (QED) is 0.596. The highest BCUT2D eigenvalue weighted by molar-refractivity contribution is 5.96. The summed E-state index contributed by atoms with van der Waals surface area (Å²) in [4.78, 5) is 11.7. The second kappa shape index (κ2) is 5.46. The summed E-state index contributed by atoms with van der Waals surface area (Å²) in [5, 5.41) is 2.65. The van der Waals surface area contributed by atoms with Gasteiger partial charge in [0.05, 0.1) is 12.3 Å². The first-order valence-corrected chi connectivity index (χ1v) is 4.89. The Morgan fingerprint density at radius 1 is 1.56 bits per heavy atom. The van der Waals surface area contributed by atoms with Gasteiger partial charge in [-0.05, 0) is 24.6 Å². The number of benzene rings is 1. The number of nitrogens with two attached hydrogens (primary N) is 1. The predicted octanol–water partition coefficient (Wildman–Crippen LogP) is 1.09. The Morgan fingerprint density at radius 2 is 2.25 bits per heavy atom. The van der Waals surface area contributed by atoms with E-state index in [1.165, 1.54) is 12.1 Å². The number of nitrogen functional groups attached to an aromatic ring is 1. The van der Waals surface area contributed by atoms with Crippen molar-refractivity contribution in [1.82, 2.24) is 5.32 Å². The van der Waals surface area contributed by atoms with Crippen LogP contribution in [0.2, 0.25) is 0 Å². The Bertz CT molecular complexity index is 394. The van der Waals surface area contributed by atoms with Crippen LogP contribution >= 0.6 is 0 Å². The first-order valence-electron chi connectivity index (χ1n) is 4.89. The SMILES string of the molecule is COCCNC(=O)c1cc(N)c(F)cc1C. The van der Waals surface area contributed by atoms with E-state index >= 15 is 0 Å². The molecule has 88 valence electrons. The summed E-state index contributed by atoms with van der Waals surface area (Å²) in [5.74, 6) is -0.785. The minimum atomic E-state index is -0.508. The maximum Gasteiger partial charge on any atom is 0.251 e. The summed E-state index contributed by atoms with van der Waals surface area (Å²) < 4.78 is 17.9. The van der Waals surface area contributed by atoms with Crippen LogP contribution in [0.15, 0.2) is 12.1 Å². The van der Waals surface area contributed by atoms with Gasteiger partial charge in [-0.3, -0.25) is 4.79 Å². The predicted molar refractivity (Wildman–Crippen MR) is 59.8 cm³/mol. The van der Waals surface area contributed by atoms with Crippen molar-refractivity contribution in [2.24, 2.45) is 0 Å². The van der Waals surface area contributed by atoms with E-state index in [-0.39, 0.29) is 11.6 Å². The molecule has 4 nitrogen and oxygen atoms in total. The molecule has 0 heterocycles. The van der Waals surface area contributed by atoms with E-state index in [0.29, 0.717) is 24.3 Å². The van der Waals surface area contributed by atoms with E-state index in [1.807, 2.05) is 0 Å². The molecule has 16 heavy (non-hydrogen) atoms. The maximum absolute atomic E-state index is 13.1. The Balaban J connectivity index is 2.79. The number of halogens is 1. The molecule has 0 radical (unpaired) electrons. The minimum absolute atomic E-state index is 0.0255. The molecule has 0 aliphatic rings. The van der Waals surface area contributed by atoms with Gasteiger partial charge in [-0.15, -0.1) is 0 Å². The zero-order chi connectivity index (χ0) is 12.1. The van der Waals surface area contributed by atoms with Gasteiger partial charge in [0.15, 0.2) is 0 Å². The lowest BCUT2D eigenvalue weighted by molar-refractivity contribution is 0.0936. The molecule has 1 amide bonds. The van der Waals surface area contributed by atoms with Crippen LogP contribution in [0.5, 0.6) is 0 Å². The lowest BCUT2D eigenvalue weighted by atomic mass is 10.1. The van der Waals surface area contributed by atoms with Gasteiger partial charge in [0, 0.05) is 19.2 Å². The summed E-state index contributed by atoms with van der Waals surface area (Å²) in [6, 6.07) is 2.59. The number of methoxy groups -OCH3 is 1. The number of carbonyl (C=O) groups excluding carboxylic acids is 1. The first kappa shape index (κ1) is 12.4. The topological polar surface area (TPSA) is 64.3 Å². The second-order valence-corrected chi connectivity index (χ2v) is 3.44. The van der Waals surface area contributed by atoms with Crippen LogP contribution in [0, 0.1) is 12.7 Å². The molecule has 0 bridgehead atoms. The van der Waals surface area contributed by atoms with Crippen LogP contribution in [-0.2, 0) is 4.74 Å². The molecule has 0 fully saturated rings. The molecular formula is C11H15FN2O2. The normalized spacial score (nSPS) is 10.2. The van der Waals surface area contributed by atoms with Gasteiger partial charge in [-0.25, -0.2) is 4.39 Å². The lowest BCUT2D eigenvalue weighted by Crippen LogP contribution is -2.27. The van der Waals surface area contributed by atoms with E-state index in [1.54, 1.807) is 14.0 Å². The molecule has 0 unspecified atom stereocenters. The highest BCUT2D eigenvalue weighted by Gasteiger charge is 2.11. The molecule has 0 spiro atoms. The van der Waals surface area contributed by atoms with Crippen molar-refractivity contribution < 1.29 is 13.9 Å². The Labute approximate surface area is 93.6 Å². The zero-order valence-corrected chi connectivity index (χ0v) is 9.34. The van der Waals surface area contributed by atoms with E-state index < -0.39 is 5.82 Å². The van der Waals surface area contributed by atoms with Crippen molar-refractivity contribution in [2.45, 2.75) is 6.92 Å². The molecule has 0 aliphatic carbocycles. The molecule has 0 aliphatic heterocycles. The van der Waals surface area contributed by atoms with Gasteiger partial charge in [0.25, 0.3) is 5.91 Å². The van der Waals surface area contributed by atoms with Gasteiger partial charge in [0.2, 0.25) is 0 Å². The highest BCUT2D eigenvalue weighted by atomic mass is 19.1.